The molecule has 0 aromatic carbocycles. The highest BCUT2D eigenvalue weighted by Crippen LogP contribution is 2.30. The van der Waals surface area contributed by atoms with Crippen molar-refractivity contribution in [2.45, 2.75) is 63.8 Å². The van der Waals surface area contributed by atoms with Crippen LogP contribution in [0.15, 0.2) is 12.4 Å². The third-order valence-electron chi connectivity index (χ3n) is 7.22. The number of hydrogen-bond donors (Lipinski definition) is 1. The Morgan fingerprint density at radius 3 is 2.39 bits per heavy atom. The Bertz CT molecular complexity index is 793. The van der Waals surface area contributed by atoms with E-state index in [1.807, 2.05) is 9.80 Å². The van der Waals surface area contributed by atoms with E-state index in [1.165, 1.54) is 6.42 Å². The zero-order valence-electron chi connectivity index (χ0n) is 18.6. The Kier molecular flexibility index (Phi) is 6.92. The molecule has 0 radical (unpaired) electrons. The summed E-state index contributed by atoms with van der Waals surface area (Å²) in [4.78, 5) is 42.3. The minimum absolute atomic E-state index is 0.102. The zero-order chi connectivity index (χ0) is 21.8. The molecule has 3 aliphatic rings. The molecule has 8 nitrogen and oxygen atoms in total. The number of carbonyl (C=O) groups is 3. The molecule has 3 fully saturated rings. The number of amides is 3. The van der Waals surface area contributed by atoms with Crippen molar-refractivity contribution >= 4 is 17.7 Å². The van der Waals surface area contributed by atoms with E-state index in [4.69, 9.17) is 0 Å². The molecule has 2 saturated heterocycles. The van der Waals surface area contributed by atoms with Gasteiger partial charge in [0.2, 0.25) is 11.8 Å². The first-order valence-electron chi connectivity index (χ1n) is 11.9. The molecule has 31 heavy (non-hydrogen) atoms. The summed E-state index contributed by atoms with van der Waals surface area (Å²) in [6.07, 6.45) is 12.2. The lowest BCUT2D eigenvalue weighted by atomic mass is 9.88. The maximum atomic E-state index is 13.2. The molecule has 1 saturated carbocycles. The minimum Gasteiger partial charge on any atom is -0.352 e. The van der Waals surface area contributed by atoms with Crippen molar-refractivity contribution in [1.29, 1.82) is 0 Å². The van der Waals surface area contributed by atoms with Crippen LogP contribution in [-0.4, -0.2) is 69.5 Å². The van der Waals surface area contributed by atoms with E-state index < -0.39 is 0 Å². The largest absolute Gasteiger partial charge is 0.352 e. The number of likely N-dealkylation sites (tertiary alicyclic amines) is 2. The van der Waals surface area contributed by atoms with Crippen molar-refractivity contribution in [3.8, 4) is 0 Å². The lowest BCUT2D eigenvalue weighted by Crippen LogP contribution is -2.51. The molecule has 1 unspecified atom stereocenters. The Labute approximate surface area is 184 Å². The molecular weight excluding hydrogens is 394 g/mol. The fourth-order valence-electron chi connectivity index (χ4n) is 5.32. The maximum absolute atomic E-state index is 13.2. The number of rotatable bonds is 5. The quantitative estimate of drug-likeness (QED) is 0.775. The van der Waals surface area contributed by atoms with Crippen LogP contribution in [0, 0.1) is 11.8 Å². The topological polar surface area (TPSA) is 87.5 Å². The van der Waals surface area contributed by atoms with Gasteiger partial charge in [-0.15, -0.1) is 0 Å². The van der Waals surface area contributed by atoms with Crippen LogP contribution in [0.4, 0.5) is 0 Å². The smallest absolute Gasteiger partial charge is 0.254 e. The van der Waals surface area contributed by atoms with E-state index in [0.717, 1.165) is 57.9 Å². The summed E-state index contributed by atoms with van der Waals surface area (Å²) in [5.41, 5.74) is 0.569. The Morgan fingerprint density at radius 1 is 0.968 bits per heavy atom. The molecule has 1 aliphatic carbocycles. The summed E-state index contributed by atoms with van der Waals surface area (Å²) in [5, 5.41) is 7.02. The lowest BCUT2D eigenvalue weighted by molar-refractivity contribution is -0.147. The summed E-state index contributed by atoms with van der Waals surface area (Å²) in [5.74, 6) is 0.724. The van der Waals surface area contributed by atoms with Gasteiger partial charge in [0.05, 0.1) is 11.8 Å². The Morgan fingerprint density at radius 2 is 1.71 bits per heavy atom. The van der Waals surface area contributed by atoms with Gasteiger partial charge in [0, 0.05) is 45.3 Å². The number of hydrogen-bond acceptors (Lipinski definition) is 4. The zero-order valence-corrected chi connectivity index (χ0v) is 18.6. The van der Waals surface area contributed by atoms with Crippen molar-refractivity contribution < 1.29 is 14.4 Å². The Hall–Kier alpha value is -2.38. The normalized spacial score (nSPS) is 23.2. The second-order valence-corrected chi connectivity index (χ2v) is 9.41. The Balaban J connectivity index is 1.24. The van der Waals surface area contributed by atoms with Crippen LogP contribution < -0.4 is 5.32 Å². The molecule has 1 aromatic heterocycles. The monoisotopic (exact) mass is 429 g/mol. The van der Waals surface area contributed by atoms with Crippen LogP contribution >= 0.6 is 0 Å². The molecule has 3 amide bonds. The van der Waals surface area contributed by atoms with E-state index in [-0.39, 0.29) is 29.7 Å². The second-order valence-electron chi connectivity index (χ2n) is 9.41. The SMILES string of the molecule is Cn1cc(C(=O)NCC2CCN(C(=O)C3CCCN3C(=O)C3CCCCC3)CC2)cn1. The predicted molar refractivity (Wildman–Crippen MR) is 116 cm³/mol. The summed E-state index contributed by atoms with van der Waals surface area (Å²) in [7, 11) is 1.79. The molecular formula is C23H35N5O3. The minimum atomic E-state index is -0.267. The van der Waals surface area contributed by atoms with Crippen LogP contribution in [-0.2, 0) is 16.6 Å². The van der Waals surface area contributed by atoms with Gasteiger partial charge >= 0.3 is 0 Å². The fourth-order valence-corrected chi connectivity index (χ4v) is 5.32. The van der Waals surface area contributed by atoms with Crippen LogP contribution in [0.2, 0.25) is 0 Å². The average molecular weight is 430 g/mol. The lowest BCUT2D eigenvalue weighted by Gasteiger charge is -2.36. The number of aromatic nitrogens is 2. The molecule has 0 bridgehead atoms. The number of carbonyl (C=O) groups excluding carboxylic acids is 3. The second kappa shape index (κ2) is 9.83. The van der Waals surface area contributed by atoms with Crippen molar-refractivity contribution in [3.05, 3.63) is 18.0 Å². The molecule has 1 N–H and O–H groups in total. The molecule has 4 rings (SSSR count). The van der Waals surface area contributed by atoms with Crippen LogP contribution in [0.3, 0.4) is 0 Å². The average Bonchev–Trinajstić information content (AvgIpc) is 3.47. The molecule has 1 aromatic rings. The standard InChI is InChI=1S/C23H35N5O3/c1-26-16-19(15-25-26)21(29)24-14-17-9-12-27(13-10-17)23(31)20-8-5-11-28(20)22(30)18-6-3-2-4-7-18/h15-18,20H,2-14H2,1H3,(H,24,29). The fraction of sp³-hybridized carbons (Fsp3) is 0.739. The number of piperidine rings is 1. The van der Waals surface area contributed by atoms with Crippen LogP contribution in [0.25, 0.3) is 0 Å². The molecule has 8 heteroatoms. The number of nitrogens with zero attached hydrogens (tertiary/aromatic N) is 4. The summed E-state index contributed by atoms with van der Waals surface area (Å²) >= 11 is 0. The van der Waals surface area contributed by atoms with Crippen LogP contribution in [0.5, 0.6) is 0 Å². The molecule has 3 heterocycles. The highest BCUT2D eigenvalue weighted by atomic mass is 16.2. The highest BCUT2D eigenvalue weighted by Gasteiger charge is 2.39. The van der Waals surface area contributed by atoms with Crippen LogP contribution in [0.1, 0.15) is 68.1 Å². The van der Waals surface area contributed by atoms with E-state index in [9.17, 15) is 14.4 Å². The van der Waals surface area contributed by atoms with Gasteiger partial charge in [-0.3, -0.25) is 19.1 Å². The first-order valence-corrected chi connectivity index (χ1v) is 11.9. The molecule has 0 spiro atoms. The van der Waals surface area contributed by atoms with Crippen molar-refractivity contribution in [2.75, 3.05) is 26.2 Å². The highest BCUT2D eigenvalue weighted by molar-refractivity contribution is 5.93. The third-order valence-corrected chi connectivity index (χ3v) is 7.22. The van der Waals surface area contributed by atoms with Crippen molar-refractivity contribution in [3.63, 3.8) is 0 Å². The number of nitrogens with one attached hydrogen (secondary N) is 1. The molecule has 1 atom stereocenters. The van der Waals surface area contributed by atoms with Gasteiger partial charge in [0.15, 0.2) is 0 Å². The third kappa shape index (κ3) is 5.10. The molecule has 170 valence electrons. The summed E-state index contributed by atoms with van der Waals surface area (Å²) < 4.78 is 1.62. The summed E-state index contributed by atoms with van der Waals surface area (Å²) in [6, 6.07) is -0.267. The van der Waals surface area contributed by atoms with E-state index in [2.05, 4.69) is 10.4 Å². The predicted octanol–water partition coefficient (Wildman–Crippen LogP) is 1.96. The number of aryl methyl sites for hydroxylation is 1. The van der Waals surface area contributed by atoms with Gasteiger partial charge in [-0.05, 0) is 44.4 Å². The first kappa shape index (κ1) is 21.8. The first-order chi connectivity index (χ1) is 15.0. The maximum Gasteiger partial charge on any atom is 0.254 e. The van der Waals surface area contributed by atoms with E-state index >= 15 is 0 Å². The molecule has 2 aliphatic heterocycles. The van der Waals surface area contributed by atoms with Crippen molar-refractivity contribution in [1.82, 2.24) is 24.9 Å². The van der Waals surface area contributed by atoms with Gasteiger partial charge in [-0.25, -0.2) is 0 Å². The van der Waals surface area contributed by atoms with E-state index in [1.54, 1.807) is 24.1 Å². The van der Waals surface area contributed by atoms with Gasteiger partial charge in [-0.1, -0.05) is 19.3 Å². The van der Waals surface area contributed by atoms with E-state index in [0.29, 0.717) is 31.1 Å². The van der Waals surface area contributed by atoms with Gasteiger partial charge in [0.25, 0.3) is 5.91 Å². The summed E-state index contributed by atoms with van der Waals surface area (Å²) in [6.45, 7) is 2.75. The van der Waals surface area contributed by atoms with Gasteiger partial charge in [0.1, 0.15) is 6.04 Å². The van der Waals surface area contributed by atoms with Gasteiger partial charge < -0.3 is 15.1 Å². The van der Waals surface area contributed by atoms with Gasteiger partial charge in [-0.2, -0.15) is 5.10 Å². The van der Waals surface area contributed by atoms with Crippen molar-refractivity contribution in [2.24, 2.45) is 18.9 Å².